The van der Waals surface area contributed by atoms with E-state index in [1.165, 1.54) is 25.6 Å². The first kappa shape index (κ1) is 15.6. The summed E-state index contributed by atoms with van der Waals surface area (Å²) in [6, 6.07) is 2.51. The van der Waals surface area contributed by atoms with E-state index in [0.29, 0.717) is 0 Å². The highest BCUT2D eigenvalue weighted by molar-refractivity contribution is 7.10. The number of carbonyl (C=O) groups is 2. The third-order valence-corrected chi connectivity index (χ3v) is 3.47. The van der Waals surface area contributed by atoms with Gasteiger partial charge in [-0.15, -0.1) is 11.3 Å². The van der Waals surface area contributed by atoms with Gasteiger partial charge in [0, 0.05) is 12.0 Å². The number of thiophene rings is 1. The lowest BCUT2D eigenvalue weighted by atomic mass is 10.1. The number of hydrogen-bond donors (Lipinski definition) is 2. The second-order valence-electron chi connectivity index (χ2n) is 3.92. The molecule has 0 radical (unpaired) electrons. The molecule has 6 nitrogen and oxygen atoms in total. The minimum atomic E-state index is -0.759. The van der Waals surface area contributed by atoms with Gasteiger partial charge in [0.25, 0.3) is 0 Å². The average molecular weight is 286 g/mol. The number of rotatable bonds is 7. The lowest BCUT2D eigenvalue weighted by Crippen LogP contribution is -2.45. The van der Waals surface area contributed by atoms with Crippen molar-refractivity contribution in [3.63, 3.8) is 0 Å². The van der Waals surface area contributed by atoms with Gasteiger partial charge in [0.05, 0.1) is 26.2 Å². The minimum absolute atomic E-state index is 0.0719. The number of amides is 1. The highest BCUT2D eigenvalue weighted by atomic mass is 32.1. The first-order valence-corrected chi connectivity index (χ1v) is 6.61. The number of nitrogens with two attached hydrogens (primary N) is 1. The molecule has 0 spiro atoms. The molecule has 0 aliphatic rings. The summed E-state index contributed by atoms with van der Waals surface area (Å²) in [7, 11) is 2.78. The van der Waals surface area contributed by atoms with Gasteiger partial charge in [-0.2, -0.15) is 0 Å². The second kappa shape index (κ2) is 7.88. The molecule has 1 rings (SSSR count). The molecule has 1 amide bonds. The van der Waals surface area contributed by atoms with Crippen LogP contribution < -0.4 is 11.1 Å². The monoisotopic (exact) mass is 286 g/mol. The summed E-state index contributed by atoms with van der Waals surface area (Å²) in [4.78, 5) is 24.1. The number of esters is 1. The zero-order valence-electron chi connectivity index (χ0n) is 10.9. The molecule has 2 atom stereocenters. The predicted octanol–water partition coefficient (Wildman–Crippen LogP) is 0.442. The zero-order valence-corrected chi connectivity index (χ0v) is 11.7. The fourth-order valence-electron chi connectivity index (χ4n) is 1.50. The molecule has 0 aliphatic carbocycles. The predicted molar refractivity (Wildman–Crippen MR) is 71.7 cm³/mol. The summed E-state index contributed by atoms with van der Waals surface area (Å²) in [5.74, 6) is -0.747. The Labute approximate surface area is 115 Å². The average Bonchev–Trinajstić information content (AvgIpc) is 2.91. The van der Waals surface area contributed by atoms with Gasteiger partial charge >= 0.3 is 5.97 Å². The molecule has 1 heterocycles. The first-order valence-electron chi connectivity index (χ1n) is 5.73. The van der Waals surface area contributed by atoms with Crippen LogP contribution in [0.2, 0.25) is 0 Å². The van der Waals surface area contributed by atoms with Crippen molar-refractivity contribution in [1.29, 1.82) is 0 Å². The second-order valence-corrected chi connectivity index (χ2v) is 4.90. The molecule has 2 unspecified atom stereocenters. The Morgan fingerprint density at radius 3 is 2.74 bits per heavy atom. The van der Waals surface area contributed by atoms with Crippen LogP contribution in [0.4, 0.5) is 0 Å². The summed E-state index contributed by atoms with van der Waals surface area (Å²) in [5, 5.41) is 4.61. The number of nitrogens with one attached hydrogen (secondary N) is 1. The van der Waals surface area contributed by atoms with Gasteiger partial charge in [0.2, 0.25) is 5.91 Å². The Morgan fingerprint density at radius 1 is 1.47 bits per heavy atom. The van der Waals surface area contributed by atoms with Crippen molar-refractivity contribution < 1.29 is 19.1 Å². The highest BCUT2D eigenvalue weighted by Gasteiger charge is 2.22. The molecule has 106 valence electrons. The molecular weight excluding hydrogens is 268 g/mol. The number of ether oxygens (including phenoxy) is 2. The molecule has 0 aromatic carbocycles. The molecule has 7 heteroatoms. The van der Waals surface area contributed by atoms with Crippen LogP contribution in [-0.4, -0.2) is 38.7 Å². The maximum absolute atomic E-state index is 11.8. The quantitative estimate of drug-likeness (QED) is 0.710. The number of carbonyl (C=O) groups excluding carboxylic acids is 2. The van der Waals surface area contributed by atoms with Gasteiger partial charge in [0.1, 0.15) is 6.04 Å². The first-order chi connectivity index (χ1) is 9.08. The summed E-state index contributed by atoms with van der Waals surface area (Å²) >= 11 is 1.46. The zero-order chi connectivity index (χ0) is 14.3. The van der Waals surface area contributed by atoms with E-state index in [2.05, 4.69) is 10.1 Å². The van der Waals surface area contributed by atoms with E-state index in [0.717, 1.165) is 4.88 Å². The topological polar surface area (TPSA) is 90.6 Å². The fraction of sp³-hybridized carbons (Fsp3) is 0.500. The summed E-state index contributed by atoms with van der Waals surface area (Å²) < 4.78 is 9.45. The van der Waals surface area contributed by atoms with Crippen molar-refractivity contribution in [1.82, 2.24) is 5.32 Å². The smallest absolute Gasteiger partial charge is 0.307 e. The van der Waals surface area contributed by atoms with Crippen molar-refractivity contribution in [3.05, 3.63) is 22.4 Å². The fourth-order valence-corrected chi connectivity index (χ4v) is 2.27. The van der Waals surface area contributed by atoms with Crippen LogP contribution in [0.1, 0.15) is 17.3 Å². The van der Waals surface area contributed by atoms with Gasteiger partial charge in [-0.05, 0) is 11.4 Å². The Kier molecular flexibility index (Phi) is 6.48. The van der Waals surface area contributed by atoms with E-state index >= 15 is 0 Å². The van der Waals surface area contributed by atoms with Crippen LogP contribution >= 0.6 is 11.3 Å². The van der Waals surface area contributed by atoms with Gasteiger partial charge in [-0.3, -0.25) is 9.59 Å². The summed E-state index contributed by atoms with van der Waals surface area (Å²) in [6.45, 7) is 0.126. The number of methoxy groups -OCH3 is 2. The van der Waals surface area contributed by atoms with Crippen LogP contribution in [0.5, 0.6) is 0 Å². The normalized spacial score (nSPS) is 13.6. The lowest BCUT2D eigenvalue weighted by Gasteiger charge is -2.19. The van der Waals surface area contributed by atoms with E-state index in [-0.39, 0.29) is 24.9 Å². The van der Waals surface area contributed by atoms with Gasteiger partial charge in [0.15, 0.2) is 0 Å². The molecule has 1 aromatic heterocycles. The van der Waals surface area contributed by atoms with Crippen molar-refractivity contribution >= 4 is 23.2 Å². The van der Waals surface area contributed by atoms with Gasteiger partial charge < -0.3 is 20.5 Å². The Balaban J connectivity index is 2.69. The summed E-state index contributed by atoms with van der Waals surface area (Å²) in [5.41, 5.74) is 5.64. The highest BCUT2D eigenvalue weighted by Crippen LogP contribution is 2.22. The van der Waals surface area contributed by atoms with E-state index in [1.54, 1.807) is 0 Å². The minimum Gasteiger partial charge on any atom is -0.469 e. The van der Waals surface area contributed by atoms with Gasteiger partial charge in [-0.25, -0.2) is 0 Å². The molecule has 0 bridgehead atoms. The molecule has 19 heavy (non-hydrogen) atoms. The van der Waals surface area contributed by atoms with Crippen molar-refractivity contribution in [3.8, 4) is 0 Å². The van der Waals surface area contributed by atoms with E-state index in [4.69, 9.17) is 10.5 Å². The molecular formula is C12H18N2O4S. The molecule has 0 saturated carbocycles. The maximum Gasteiger partial charge on any atom is 0.307 e. The molecule has 0 aliphatic heterocycles. The molecule has 0 fully saturated rings. The van der Waals surface area contributed by atoms with Crippen molar-refractivity contribution in [2.45, 2.75) is 18.5 Å². The summed E-state index contributed by atoms with van der Waals surface area (Å²) in [6.07, 6.45) is 0.0719. The van der Waals surface area contributed by atoms with Crippen LogP contribution in [0, 0.1) is 0 Å². The van der Waals surface area contributed by atoms with Crippen LogP contribution in [0.3, 0.4) is 0 Å². The Hall–Kier alpha value is -1.44. The molecule has 0 saturated heterocycles. The lowest BCUT2D eigenvalue weighted by molar-refractivity contribution is -0.141. The van der Waals surface area contributed by atoms with Crippen LogP contribution in [0.25, 0.3) is 0 Å². The van der Waals surface area contributed by atoms with E-state index in [9.17, 15) is 9.59 Å². The Morgan fingerprint density at radius 2 is 2.21 bits per heavy atom. The third kappa shape index (κ3) is 4.98. The van der Waals surface area contributed by atoms with Crippen molar-refractivity contribution in [2.24, 2.45) is 5.73 Å². The Bertz CT molecular complexity index is 408. The van der Waals surface area contributed by atoms with Crippen LogP contribution in [0.15, 0.2) is 17.5 Å². The SMILES string of the molecule is COCC(N)C(=O)NC(CC(=O)OC)c1cccs1. The third-order valence-electron chi connectivity index (χ3n) is 2.48. The molecule has 1 aromatic rings. The number of hydrogen-bond acceptors (Lipinski definition) is 6. The van der Waals surface area contributed by atoms with E-state index in [1.807, 2.05) is 17.5 Å². The molecule has 3 N–H and O–H groups in total. The van der Waals surface area contributed by atoms with E-state index < -0.39 is 12.1 Å². The van der Waals surface area contributed by atoms with Crippen molar-refractivity contribution in [2.75, 3.05) is 20.8 Å². The maximum atomic E-state index is 11.8. The largest absolute Gasteiger partial charge is 0.469 e. The van der Waals surface area contributed by atoms with Gasteiger partial charge in [-0.1, -0.05) is 6.07 Å². The standard InChI is InChI=1S/C12H18N2O4S/c1-17-7-8(13)12(16)14-9(6-11(15)18-2)10-4-3-5-19-10/h3-5,8-9H,6-7,13H2,1-2H3,(H,14,16). The van der Waals surface area contributed by atoms with Crippen LogP contribution in [-0.2, 0) is 19.1 Å².